The minimum atomic E-state index is -1.84. The molecule has 2 aromatic carbocycles. The Morgan fingerprint density at radius 3 is 1.41 bits per heavy atom. The number of amides is 14. The Hall–Kier alpha value is -10.3. The summed E-state index contributed by atoms with van der Waals surface area (Å²) >= 11 is 4.19. The molecule has 0 aliphatic carbocycles. The molecule has 0 saturated heterocycles. The van der Waals surface area contributed by atoms with Gasteiger partial charge in [-0.3, -0.25) is 72.1 Å². The van der Waals surface area contributed by atoms with E-state index in [0.717, 1.165) is 13.8 Å². The van der Waals surface area contributed by atoms with E-state index in [4.69, 9.17) is 22.9 Å². The van der Waals surface area contributed by atoms with Crippen molar-refractivity contribution in [3.05, 3.63) is 65.7 Å². The van der Waals surface area contributed by atoms with Gasteiger partial charge in [-0.2, -0.15) is 12.6 Å². The fraction of sp³-hybridized carbons (Fsp3) is 0.606. The number of unbranched alkanes of at least 4 members (excludes halogenated alkanes) is 1. The van der Waals surface area contributed by atoms with Crippen LogP contribution >= 0.6 is 12.6 Å². The van der Waals surface area contributed by atoms with Gasteiger partial charge in [-0.05, 0) is 114 Å². The number of carboxylic acid groups (broad SMARTS) is 1. The topological polar surface area (TPSA) is 642 Å². The molecule has 0 saturated carbocycles. The van der Waals surface area contributed by atoms with E-state index in [-0.39, 0.29) is 87.3 Å². The van der Waals surface area contributed by atoms with Crippen LogP contribution in [-0.2, 0) is 84.8 Å². The number of aliphatic imine (C=N–C) groups is 1. The Bertz CT molecular complexity index is 3460. The second kappa shape index (κ2) is 49.8. The van der Waals surface area contributed by atoms with Gasteiger partial charge >= 0.3 is 5.97 Å². The van der Waals surface area contributed by atoms with Crippen LogP contribution in [0.5, 0.6) is 5.75 Å². The highest BCUT2D eigenvalue weighted by Gasteiger charge is 2.38. The Balaban J connectivity index is 2.20. The fourth-order valence-electron chi connectivity index (χ4n) is 10.5. The number of phenols is 1. The Morgan fingerprint density at radius 2 is 0.901 bits per heavy atom. The lowest BCUT2D eigenvalue weighted by Gasteiger charge is -2.29. The summed E-state index contributed by atoms with van der Waals surface area (Å²) < 4.78 is 0. The first-order valence-electron chi connectivity index (χ1n) is 36.5. The van der Waals surface area contributed by atoms with Crippen LogP contribution in [0.2, 0.25) is 0 Å². The number of carbonyl (C=O) groups is 15. The van der Waals surface area contributed by atoms with Gasteiger partial charge in [0.25, 0.3) is 0 Å². The highest BCUT2D eigenvalue weighted by atomic mass is 32.1. The number of benzene rings is 2. The lowest BCUT2D eigenvalue weighted by atomic mass is 9.97. The largest absolute Gasteiger partial charge is 0.508 e. The number of aliphatic hydroxyl groups excluding tert-OH is 3. The monoisotopic (exact) mass is 1590 g/mol. The van der Waals surface area contributed by atoms with Crippen molar-refractivity contribution < 1.29 is 97.5 Å². The average molecular weight is 1590 g/mol. The summed E-state index contributed by atoms with van der Waals surface area (Å²) in [5.74, 6) is -16.5. The van der Waals surface area contributed by atoms with Gasteiger partial charge in [0.2, 0.25) is 82.7 Å². The number of nitrogens with zero attached hydrogens (tertiary/aromatic N) is 1. The number of guanidine groups is 1. The number of hydrogen-bond acceptors (Lipinski definition) is 23. The number of phenolic OH excluding ortho intramolecular Hbond substituents is 1. The predicted octanol–water partition coefficient (Wildman–Crippen LogP) is -6.71. The van der Waals surface area contributed by atoms with Crippen molar-refractivity contribution in [3.8, 4) is 5.75 Å². The minimum Gasteiger partial charge on any atom is -0.508 e. The van der Waals surface area contributed by atoms with Crippen molar-refractivity contribution in [2.45, 2.75) is 218 Å². The lowest BCUT2D eigenvalue weighted by molar-refractivity contribution is -0.142. The number of rotatable bonds is 50. The minimum absolute atomic E-state index is 0.0102. The van der Waals surface area contributed by atoms with E-state index in [1.165, 1.54) is 38.1 Å². The van der Waals surface area contributed by atoms with Gasteiger partial charge in [0.1, 0.15) is 78.3 Å². The molecule has 0 radical (unpaired) electrons. The number of aliphatic hydroxyl groups is 3. The third-order valence-electron chi connectivity index (χ3n) is 17.4. The normalized spacial score (nSPS) is 15.5. The molecule has 0 bridgehead atoms. The van der Waals surface area contributed by atoms with Crippen LogP contribution in [0, 0.1) is 17.8 Å². The number of aromatic hydroxyl groups is 1. The third-order valence-corrected chi connectivity index (χ3v) is 17.7. The first-order chi connectivity index (χ1) is 52.2. The van der Waals surface area contributed by atoms with Crippen molar-refractivity contribution in [1.82, 2.24) is 74.4 Å². The molecule has 2 aromatic rings. The van der Waals surface area contributed by atoms with Crippen LogP contribution in [0.25, 0.3) is 0 Å². The van der Waals surface area contributed by atoms with Gasteiger partial charge < -0.3 is 123 Å². The van der Waals surface area contributed by atoms with Crippen LogP contribution in [0.4, 0.5) is 0 Å². The smallest absolute Gasteiger partial charge is 0.326 e. The standard InChI is InChI=1S/C71H115N19O20S/c1-11-37(6)55(67(106)86-50(33-91)64(103)84-48(30-43-22-24-44(94)25-23-43)61(100)77-31-52(95)81-45(21-17-27-76-71(74)75)62(101)82-46(70(109)110)20-15-16-26-72)88-53(96)32-78-60(99)47(28-35(2)3)83-59(98)39(8)79-58(97)38(7)80-68(107)56(40(9)92)90-69(108)57(41(10)93)89-63(102)49(29-42-18-13-12-14-19-42)85-65(104)51(34-111)87-66(105)54(73)36(4)5/h12-14,18-19,22-25,35-41,45-51,54-57,91-94,111H,11,15-17,20-21,26-34,72-73H2,1-10H3,(H,77,100)(H,78,99)(H,79,97)(H,80,107)(H,81,95)(H,82,101)(H,83,98)(H,84,103)(H,85,104)(H,86,106)(H,87,105)(H,88,96)(H,89,102)(H,90,108)(H,109,110)(H4,74,75,76)/t37-,38-,39-,40+,41+,45-,46-,47-,48-,49-,50-,51-,54-,55-,56-,57-/m0/s1. The second-order valence-corrected chi connectivity index (χ2v) is 28.0. The molecule has 40 heteroatoms. The second-order valence-electron chi connectivity index (χ2n) is 27.7. The van der Waals surface area contributed by atoms with Gasteiger partial charge in [0, 0.05) is 25.1 Å². The van der Waals surface area contributed by atoms with Gasteiger partial charge in [-0.1, -0.05) is 90.4 Å². The number of carbonyl (C=O) groups excluding carboxylic acids is 14. The Morgan fingerprint density at radius 1 is 0.468 bits per heavy atom. The van der Waals surface area contributed by atoms with Crippen molar-refractivity contribution in [2.75, 3.05) is 38.5 Å². The van der Waals surface area contributed by atoms with E-state index in [9.17, 15) is 97.5 Å². The van der Waals surface area contributed by atoms with Crippen LogP contribution in [0.15, 0.2) is 59.6 Å². The summed E-state index contributed by atoms with van der Waals surface area (Å²) in [5.41, 5.74) is 23.3. The molecule has 0 unspecified atom stereocenters. The number of thiol groups is 1. The van der Waals surface area contributed by atoms with Gasteiger partial charge in [-0.25, -0.2) is 4.79 Å². The van der Waals surface area contributed by atoms with Crippen molar-refractivity contribution in [2.24, 2.45) is 45.7 Å². The summed E-state index contributed by atoms with van der Waals surface area (Å²) in [5, 5.41) is 85.6. The molecule has 111 heavy (non-hydrogen) atoms. The summed E-state index contributed by atoms with van der Waals surface area (Å²) in [6, 6.07) is -5.14. The maximum absolute atomic E-state index is 14.0. The third kappa shape index (κ3) is 35.5. The van der Waals surface area contributed by atoms with E-state index in [1.807, 2.05) is 0 Å². The Labute approximate surface area is 650 Å². The zero-order valence-electron chi connectivity index (χ0n) is 64.3. The summed E-state index contributed by atoms with van der Waals surface area (Å²) in [6.45, 7) is 12.5. The van der Waals surface area contributed by atoms with Gasteiger partial charge in [0.05, 0.1) is 37.9 Å². The van der Waals surface area contributed by atoms with Crippen LogP contribution in [0.3, 0.4) is 0 Å². The molecule has 0 fully saturated rings. The molecule has 27 N–H and O–H groups in total. The molecule has 0 heterocycles. The van der Waals surface area contributed by atoms with Gasteiger partial charge in [0.15, 0.2) is 5.96 Å². The van der Waals surface area contributed by atoms with Crippen molar-refractivity contribution in [1.29, 1.82) is 0 Å². The zero-order chi connectivity index (χ0) is 83.9. The molecule has 0 aliphatic heterocycles. The number of hydrogen-bond donors (Lipinski definition) is 24. The molecule has 620 valence electrons. The molecule has 0 aliphatic rings. The molecule has 16 atom stereocenters. The van der Waals surface area contributed by atoms with E-state index in [2.05, 4.69) is 92.1 Å². The highest BCUT2D eigenvalue weighted by Crippen LogP contribution is 2.15. The molecular weight excluding hydrogens is 1470 g/mol. The summed E-state index contributed by atoms with van der Waals surface area (Å²) in [6.07, 6.45) is -2.57. The zero-order valence-corrected chi connectivity index (χ0v) is 65.2. The quantitative estimate of drug-likeness (QED) is 0.0127. The lowest BCUT2D eigenvalue weighted by Crippen LogP contribution is -2.63. The van der Waals surface area contributed by atoms with Crippen molar-refractivity contribution >= 4 is 107 Å². The van der Waals surface area contributed by atoms with Crippen LogP contribution in [0.1, 0.15) is 125 Å². The molecule has 39 nitrogen and oxygen atoms in total. The fourth-order valence-corrected chi connectivity index (χ4v) is 10.8. The maximum atomic E-state index is 14.0. The predicted molar refractivity (Wildman–Crippen MR) is 409 cm³/mol. The summed E-state index contributed by atoms with van der Waals surface area (Å²) in [4.78, 5) is 207. The van der Waals surface area contributed by atoms with E-state index >= 15 is 0 Å². The van der Waals surface area contributed by atoms with E-state index in [0.29, 0.717) is 24.0 Å². The van der Waals surface area contributed by atoms with Crippen LogP contribution in [-0.4, -0.2) is 249 Å². The van der Waals surface area contributed by atoms with E-state index < -0.39 is 205 Å². The van der Waals surface area contributed by atoms with Crippen LogP contribution < -0.4 is 97.4 Å². The number of aliphatic carboxylic acids is 1. The Kier molecular flexibility index (Phi) is 43.4. The molecule has 0 spiro atoms. The molecule has 0 aromatic heterocycles. The first-order valence-corrected chi connectivity index (χ1v) is 37.1. The summed E-state index contributed by atoms with van der Waals surface area (Å²) in [7, 11) is 0. The molecule has 2 rings (SSSR count). The molecule has 14 amide bonds. The average Bonchev–Trinajstić information content (AvgIpc) is 0.852. The van der Waals surface area contributed by atoms with Gasteiger partial charge in [-0.15, -0.1) is 0 Å². The SMILES string of the molecule is CC[C@H](C)[C@H](NC(=O)CNC(=O)[C@H](CC(C)C)NC(=O)[C@H](C)NC(=O)[C@H](C)NC(=O)[C@@H](NC(=O)[C@@H](NC(=O)[C@H](Cc1ccccc1)NC(=O)[C@H](CS)NC(=O)[C@@H](N)C(C)C)[C@@H](C)O)[C@@H](C)O)C(=O)N[C@@H](CO)C(=O)N[C@@H](Cc1ccc(O)cc1)C(=O)NCC(=O)N[C@@H](CCCN=C(N)N)C(=O)N[C@@H](CCCCN)C(=O)O. The maximum Gasteiger partial charge on any atom is 0.326 e. The van der Waals surface area contributed by atoms with E-state index in [1.54, 1.807) is 71.9 Å². The number of nitrogens with one attached hydrogen (secondary N) is 14. The number of carboxylic acids is 1. The molecular formula is C71H115N19O20S. The first kappa shape index (κ1) is 96.8. The highest BCUT2D eigenvalue weighted by molar-refractivity contribution is 7.80. The number of nitrogens with two attached hydrogens (primary N) is 4. The van der Waals surface area contributed by atoms with Crippen molar-refractivity contribution in [3.63, 3.8) is 0 Å².